The molecule has 0 spiro atoms. The second kappa shape index (κ2) is 6.72. The maximum atomic E-state index is 12.6. The summed E-state index contributed by atoms with van der Waals surface area (Å²) in [5, 5.41) is 0. The highest BCUT2D eigenvalue weighted by atomic mass is 19.4. The van der Waals surface area contributed by atoms with Crippen LogP contribution in [0.5, 0.6) is 5.75 Å². The summed E-state index contributed by atoms with van der Waals surface area (Å²) in [6, 6.07) is 7.42. The first-order valence-corrected chi connectivity index (χ1v) is 6.78. The fourth-order valence-corrected chi connectivity index (χ4v) is 1.96. The molecule has 1 atom stereocenters. The van der Waals surface area contributed by atoms with Crippen molar-refractivity contribution in [3.8, 4) is 5.75 Å². The summed E-state index contributed by atoms with van der Waals surface area (Å²) < 4.78 is 80.6. The molecule has 0 aromatic heterocycles. The van der Waals surface area contributed by atoms with Gasteiger partial charge in [-0.15, -0.1) is 0 Å². The Kier molecular flexibility index (Phi) is 5.08. The minimum Gasteiger partial charge on any atom is -0.489 e. The van der Waals surface area contributed by atoms with Crippen LogP contribution in [0.15, 0.2) is 48.5 Å². The summed E-state index contributed by atoms with van der Waals surface area (Å²) in [4.78, 5) is 0. The van der Waals surface area contributed by atoms with Gasteiger partial charge in [0.1, 0.15) is 18.4 Å². The van der Waals surface area contributed by atoms with Gasteiger partial charge in [-0.2, -0.15) is 26.3 Å². The van der Waals surface area contributed by atoms with E-state index in [2.05, 4.69) is 0 Å². The number of halogens is 6. The Morgan fingerprint density at radius 1 is 0.917 bits per heavy atom. The Morgan fingerprint density at radius 3 is 2.08 bits per heavy atom. The minimum atomic E-state index is -4.56. The largest absolute Gasteiger partial charge is 0.489 e. The lowest BCUT2D eigenvalue weighted by molar-refractivity contribution is -0.149. The molecule has 0 saturated carbocycles. The Balaban J connectivity index is 2.03. The van der Waals surface area contributed by atoms with Crippen molar-refractivity contribution in [2.45, 2.75) is 25.0 Å². The molecule has 2 aromatic carbocycles. The van der Waals surface area contributed by atoms with Crippen LogP contribution in [-0.4, -0.2) is 6.18 Å². The van der Waals surface area contributed by atoms with Crippen LogP contribution in [0.25, 0.3) is 0 Å². The molecule has 0 aliphatic rings. The van der Waals surface area contributed by atoms with E-state index in [1.54, 1.807) is 0 Å². The molecule has 0 unspecified atom stereocenters. The standard InChI is InChI=1S/C16H13F6NO/c17-15(18,19)12-3-1-2-10(8-12)9-24-13-6-4-11(5-7-13)14(23)16(20,21)22/h1-8,14H,9,23H2/t14-/m1/s1. The molecule has 0 radical (unpaired) electrons. The van der Waals surface area contributed by atoms with Gasteiger partial charge in [0, 0.05) is 0 Å². The second-order valence-electron chi connectivity index (χ2n) is 5.08. The average molecular weight is 349 g/mol. The van der Waals surface area contributed by atoms with Gasteiger partial charge in [-0.05, 0) is 35.4 Å². The van der Waals surface area contributed by atoms with Gasteiger partial charge < -0.3 is 10.5 Å². The first kappa shape index (κ1) is 18.1. The molecule has 0 heterocycles. The van der Waals surface area contributed by atoms with E-state index in [1.807, 2.05) is 0 Å². The predicted octanol–water partition coefficient (Wildman–Crippen LogP) is 4.85. The average Bonchev–Trinajstić information content (AvgIpc) is 2.51. The number of nitrogens with two attached hydrogens (primary N) is 1. The van der Waals surface area contributed by atoms with E-state index in [-0.39, 0.29) is 17.9 Å². The molecular formula is C16H13F6NO. The zero-order valence-corrected chi connectivity index (χ0v) is 12.2. The van der Waals surface area contributed by atoms with Crippen molar-refractivity contribution in [1.82, 2.24) is 0 Å². The van der Waals surface area contributed by atoms with Crippen molar-refractivity contribution in [1.29, 1.82) is 0 Å². The first-order chi connectivity index (χ1) is 11.1. The summed E-state index contributed by atoms with van der Waals surface area (Å²) >= 11 is 0. The van der Waals surface area contributed by atoms with Gasteiger partial charge in [0.2, 0.25) is 0 Å². The van der Waals surface area contributed by atoms with Gasteiger partial charge >= 0.3 is 12.4 Å². The van der Waals surface area contributed by atoms with Gasteiger partial charge in [-0.1, -0.05) is 24.3 Å². The Bertz CT molecular complexity index is 678. The van der Waals surface area contributed by atoms with Gasteiger partial charge in [-0.25, -0.2) is 0 Å². The molecule has 2 aromatic rings. The lowest BCUT2D eigenvalue weighted by Gasteiger charge is -2.16. The van der Waals surface area contributed by atoms with E-state index in [9.17, 15) is 26.3 Å². The molecule has 130 valence electrons. The number of hydrogen-bond acceptors (Lipinski definition) is 2. The molecule has 0 fully saturated rings. The monoisotopic (exact) mass is 349 g/mol. The van der Waals surface area contributed by atoms with Gasteiger partial charge in [0.15, 0.2) is 0 Å². The van der Waals surface area contributed by atoms with Gasteiger partial charge in [0.25, 0.3) is 0 Å². The number of rotatable bonds is 4. The van der Waals surface area contributed by atoms with Gasteiger partial charge in [0.05, 0.1) is 5.56 Å². The number of hydrogen-bond donors (Lipinski definition) is 1. The van der Waals surface area contributed by atoms with Crippen LogP contribution in [0.4, 0.5) is 26.3 Å². The Morgan fingerprint density at radius 2 is 1.54 bits per heavy atom. The molecule has 0 aliphatic heterocycles. The molecule has 2 rings (SSSR count). The molecular weight excluding hydrogens is 336 g/mol. The summed E-state index contributed by atoms with van der Waals surface area (Å²) in [6.07, 6.45) is -9.01. The predicted molar refractivity (Wildman–Crippen MR) is 75.2 cm³/mol. The number of alkyl halides is 6. The van der Waals surface area contributed by atoms with Crippen LogP contribution in [0.2, 0.25) is 0 Å². The highest BCUT2D eigenvalue weighted by Crippen LogP contribution is 2.32. The van der Waals surface area contributed by atoms with Crippen molar-refractivity contribution in [3.63, 3.8) is 0 Å². The zero-order chi connectivity index (χ0) is 18.0. The Labute approximate surface area is 133 Å². The topological polar surface area (TPSA) is 35.2 Å². The molecule has 0 aliphatic carbocycles. The van der Waals surface area contributed by atoms with Gasteiger partial charge in [-0.3, -0.25) is 0 Å². The van der Waals surface area contributed by atoms with Crippen molar-refractivity contribution in [2.75, 3.05) is 0 Å². The molecule has 0 bridgehead atoms. The first-order valence-electron chi connectivity index (χ1n) is 6.78. The molecule has 2 N–H and O–H groups in total. The van der Waals surface area contributed by atoms with Crippen molar-refractivity contribution >= 4 is 0 Å². The maximum absolute atomic E-state index is 12.6. The molecule has 2 nitrogen and oxygen atoms in total. The van der Waals surface area contributed by atoms with E-state index in [0.717, 1.165) is 12.1 Å². The van der Waals surface area contributed by atoms with Crippen LogP contribution in [0, 0.1) is 0 Å². The van der Waals surface area contributed by atoms with Crippen molar-refractivity contribution < 1.29 is 31.1 Å². The van der Waals surface area contributed by atoms with Crippen molar-refractivity contribution in [3.05, 3.63) is 65.2 Å². The van der Waals surface area contributed by atoms with Crippen LogP contribution in [0.1, 0.15) is 22.7 Å². The fraction of sp³-hybridized carbons (Fsp3) is 0.250. The molecule has 0 saturated heterocycles. The summed E-state index contributed by atoms with van der Waals surface area (Å²) in [6.45, 7) is -0.144. The summed E-state index contributed by atoms with van der Waals surface area (Å²) in [5.74, 6) is 0.227. The fourth-order valence-electron chi connectivity index (χ4n) is 1.96. The van der Waals surface area contributed by atoms with Crippen molar-refractivity contribution in [2.24, 2.45) is 5.73 Å². The maximum Gasteiger partial charge on any atom is 0.416 e. The van der Waals surface area contributed by atoms with E-state index < -0.39 is 24.0 Å². The minimum absolute atomic E-state index is 0.131. The molecule has 0 amide bonds. The number of ether oxygens (including phenoxy) is 1. The highest BCUT2D eigenvalue weighted by Gasteiger charge is 2.37. The molecule has 8 heteroatoms. The highest BCUT2D eigenvalue weighted by molar-refractivity contribution is 5.30. The third kappa shape index (κ3) is 4.64. The van der Waals surface area contributed by atoms with Crippen LogP contribution in [-0.2, 0) is 12.8 Å². The van der Waals surface area contributed by atoms with Crippen LogP contribution in [0.3, 0.4) is 0 Å². The van der Waals surface area contributed by atoms with E-state index in [4.69, 9.17) is 10.5 Å². The van der Waals surface area contributed by atoms with E-state index >= 15 is 0 Å². The van der Waals surface area contributed by atoms with E-state index in [0.29, 0.717) is 5.56 Å². The summed E-state index contributed by atoms with van der Waals surface area (Å²) in [7, 11) is 0. The lowest BCUT2D eigenvalue weighted by atomic mass is 10.1. The Hall–Kier alpha value is -2.22. The van der Waals surface area contributed by atoms with E-state index in [1.165, 1.54) is 36.4 Å². The third-order valence-corrected chi connectivity index (χ3v) is 3.25. The quantitative estimate of drug-likeness (QED) is 0.801. The molecule has 24 heavy (non-hydrogen) atoms. The smallest absolute Gasteiger partial charge is 0.416 e. The number of benzene rings is 2. The summed E-state index contributed by atoms with van der Waals surface area (Å²) in [5.41, 5.74) is 4.44. The zero-order valence-electron chi connectivity index (χ0n) is 12.2. The normalized spacial score (nSPS) is 13.6. The van der Waals surface area contributed by atoms with Crippen LogP contribution >= 0.6 is 0 Å². The second-order valence-corrected chi connectivity index (χ2v) is 5.08. The lowest BCUT2D eigenvalue weighted by Crippen LogP contribution is -2.28. The SMILES string of the molecule is N[C@H](c1ccc(OCc2cccc(C(F)(F)F)c2)cc1)C(F)(F)F. The van der Waals surface area contributed by atoms with Crippen LogP contribution < -0.4 is 10.5 Å². The third-order valence-electron chi connectivity index (χ3n) is 3.25.